The Hall–Kier alpha value is -1.60. The number of nitrogens with zero attached hydrogens (tertiary/aromatic N) is 2. The van der Waals surface area contributed by atoms with Crippen molar-refractivity contribution in [1.82, 2.24) is 15.5 Å². The zero-order valence-electron chi connectivity index (χ0n) is 14.1. The molecule has 0 heterocycles. The molecule has 1 aromatic rings. The first-order chi connectivity index (χ1) is 10.9. The molecule has 1 rings (SSSR count). The van der Waals surface area contributed by atoms with E-state index in [1.807, 2.05) is 31.2 Å². The average Bonchev–Trinajstić information content (AvgIpc) is 2.51. The Morgan fingerprint density at radius 1 is 1.35 bits per heavy atom. The van der Waals surface area contributed by atoms with Crippen LogP contribution < -0.4 is 10.6 Å². The van der Waals surface area contributed by atoms with Gasteiger partial charge < -0.3 is 20.3 Å². The van der Waals surface area contributed by atoms with Gasteiger partial charge in [-0.2, -0.15) is 0 Å². The fourth-order valence-electron chi connectivity index (χ4n) is 1.76. The van der Waals surface area contributed by atoms with Gasteiger partial charge in [0.2, 0.25) is 5.91 Å². The van der Waals surface area contributed by atoms with Crippen molar-refractivity contribution < 1.29 is 9.53 Å². The van der Waals surface area contributed by atoms with Crippen molar-refractivity contribution in [2.45, 2.75) is 19.5 Å². The minimum Gasteiger partial charge on any atom is -0.383 e. The van der Waals surface area contributed by atoms with E-state index in [0.29, 0.717) is 19.1 Å². The summed E-state index contributed by atoms with van der Waals surface area (Å²) in [6, 6.07) is 8.07. The number of ether oxygens (including phenoxy) is 1. The minimum atomic E-state index is -0.0115. The molecule has 128 valence electrons. The lowest BCUT2D eigenvalue weighted by molar-refractivity contribution is -0.127. The van der Waals surface area contributed by atoms with Crippen LogP contribution in [0.2, 0.25) is 0 Å². The zero-order chi connectivity index (χ0) is 17.2. The van der Waals surface area contributed by atoms with E-state index in [1.54, 1.807) is 21.2 Å². The van der Waals surface area contributed by atoms with Crippen molar-refractivity contribution in [2.24, 2.45) is 4.99 Å². The number of methoxy groups -OCH3 is 1. The third-order valence-corrected chi connectivity index (χ3v) is 3.57. The molecule has 0 aliphatic carbocycles. The van der Waals surface area contributed by atoms with Crippen LogP contribution in [0, 0.1) is 0 Å². The van der Waals surface area contributed by atoms with E-state index in [9.17, 15) is 4.79 Å². The van der Waals surface area contributed by atoms with E-state index in [-0.39, 0.29) is 18.5 Å². The molecule has 1 atom stereocenters. The number of hydrogen-bond donors (Lipinski definition) is 2. The summed E-state index contributed by atoms with van der Waals surface area (Å²) in [6.45, 7) is 3.27. The summed E-state index contributed by atoms with van der Waals surface area (Å²) in [7, 11) is 5.10. The second kappa shape index (κ2) is 10.2. The highest BCUT2D eigenvalue weighted by Gasteiger charge is 2.08. The summed E-state index contributed by atoms with van der Waals surface area (Å²) in [5.41, 5.74) is 1.09. The van der Waals surface area contributed by atoms with Crippen molar-refractivity contribution in [1.29, 1.82) is 0 Å². The number of likely N-dealkylation sites (N-methyl/N-ethyl adjacent to an activating group) is 1. The highest BCUT2D eigenvalue weighted by Crippen LogP contribution is 2.11. The van der Waals surface area contributed by atoms with Gasteiger partial charge >= 0.3 is 0 Å². The standard InChI is InChI=1S/C16H25BrN4O2/c1-12(11-23-4)20-16(19-10-15(22)21(2)3)18-9-13-5-7-14(17)8-6-13/h5-8,12H,9-11H2,1-4H3,(H2,18,19,20). The predicted molar refractivity (Wildman–Crippen MR) is 96.5 cm³/mol. The van der Waals surface area contributed by atoms with Gasteiger partial charge in [-0.1, -0.05) is 28.1 Å². The first-order valence-corrected chi connectivity index (χ1v) is 8.20. The molecule has 6 nitrogen and oxygen atoms in total. The molecule has 0 fully saturated rings. The maximum absolute atomic E-state index is 11.7. The van der Waals surface area contributed by atoms with Crippen molar-refractivity contribution in [2.75, 3.05) is 34.4 Å². The molecule has 0 spiro atoms. The normalized spacial score (nSPS) is 12.7. The molecule has 0 bridgehead atoms. The molecule has 1 amide bonds. The molecule has 0 radical (unpaired) electrons. The topological polar surface area (TPSA) is 66.0 Å². The largest absolute Gasteiger partial charge is 0.383 e. The lowest BCUT2D eigenvalue weighted by Gasteiger charge is -2.18. The highest BCUT2D eigenvalue weighted by atomic mass is 79.9. The number of nitrogens with one attached hydrogen (secondary N) is 2. The molecule has 0 aliphatic rings. The number of benzene rings is 1. The lowest BCUT2D eigenvalue weighted by Crippen LogP contribution is -2.47. The maximum Gasteiger partial charge on any atom is 0.241 e. The number of hydrogen-bond acceptors (Lipinski definition) is 3. The number of carbonyl (C=O) groups excluding carboxylic acids is 1. The molecule has 1 unspecified atom stereocenters. The maximum atomic E-state index is 11.7. The lowest BCUT2D eigenvalue weighted by atomic mass is 10.2. The van der Waals surface area contributed by atoms with Gasteiger partial charge in [0, 0.05) is 31.7 Å². The number of guanidine groups is 1. The predicted octanol–water partition coefficient (Wildman–Crippen LogP) is 1.61. The Labute approximate surface area is 146 Å². The third kappa shape index (κ3) is 7.99. The molecule has 0 aliphatic heterocycles. The molecule has 1 aromatic carbocycles. The summed E-state index contributed by atoms with van der Waals surface area (Å²) in [4.78, 5) is 17.8. The van der Waals surface area contributed by atoms with Crippen molar-refractivity contribution >= 4 is 27.8 Å². The van der Waals surface area contributed by atoms with Gasteiger partial charge in [0.15, 0.2) is 5.96 Å². The fraction of sp³-hybridized carbons (Fsp3) is 0.500. The average molecular weight is 385 g/mol. The van der Waals surface area contributed by atoms with Crippen LogP contribution in [0.25, 0.3) is 0 Å². The van der Waals surface area contributed by atoms with E-state index in [4.69, 9.17) is 4.74 Å². The van der Waals surface area contributed by atoms with Crippen LogP contribution in [0.4, 0.5) is 0 Å². The van der Waals surface area contributed by atoms with Gasteiger partial charge in [-0.05, 0) is 24.6 Å². The molecule has 0 aromatic heterocycles. The Kier molecular flexibility index (Phi) is 8.65. The number of halogens is 1. The smallest absolute Gasteiger partial charge is 0.241 e. The van der Waals surface area contributed by atoms with Crippen LogP contribution in [0.1, 0.15) is 12.5 Å². The Morgan fingerprint density at radius 3 is 2.57 bits per heavy atom. The summed E-state index contributed by atoms with van der Waals surface area (Å²) in [6.07, 6.45) is 0. The van der Waals surface area contributed by atoms with Gasteiger partial charge in [0.25, 0.3) is 0 Å². The van der Waals surface area contributed by atoms with Gasteiger partial charge in [-0.25, -0.2) is 4.99 Å². The second-order valence-corrected chi connectivity index (χ2v) is 6.35. The van der Waals surface area contributed by atoms with Crippen LogP contribution in [-0.2, 0) is 16.1 Å². The Morgan fingerprint density at radius 2 is 2.00 bits per heavy atom. The van der Waals surface area contributed by atoms with Gasteiger partial charge in [0.05, 0.1) is 19.7 Å². The first kappa shape index (κ1) is 19.4. The molecule has 2 N–H and O–H groups in total. The van der Waals surface area contributed by atoms with Crippen LogP contribution in [0.15, 0.2) is 33.7 Å². The van der Waals surface area contributed by atoms with Crippen LogP contribution in [-0.4, -0.2) is 57.2 Å². The van der Waals surface area contributed by atoms with Crippen molar-refractivity contribution in [3.05, 3.63) is 34.3 Å². The summed E-state index contributed by atoms with van der Waals surface area (Å²) < 4.78 is 6.15. The molecule has 7 heteroatoms. The van der Waals surface area contributed by atoms with E-state index in [2.05, 4.69) is 31.6 Å². The monoisotopic (exact) mass is 384 g/mol. The van der Waals surface area contributed by atoms with E-state index < -0.39 is 0 Å². The van der Waals surface area contributed by atoms with Gasteiger partial charge in [-0.3, -0.25) is 4.79 Å². The third-order valence-electron chi connectivity index (χ3n) is 3.04. The van der Waals surface area contributed by atoms with E-state index in [1.165, 1.54) is 4.90 Å². The second-order valence-electron chi connectivity index (χ2n) is 5.43. The quantitative estimate of drug-likeness (QED) is 0.553. The van der Waals surface area contributed by atoms with Crippen LogP contribution in [0.5, 0.6) is 0 Å². The summed E-state index contributed by atoms with van der Waals surface area (Å²) in [5.74, 6) is 0.579. The number of aliphatic imine (C=N–C) groups is 1. The van der Waals surface area contributed by atoms with E-state index >= 15 is 0 Å². The Balaban J connectivity index is 2.69. The molecule has 0 saturated heterocycles. The number of rotatable bonds is 7. The first-order valence-electron chi connectivity index (χ1n) is 7.40. The van der Waals surface area contributed by atoms with Gasteiger partial charge in [-0.15, -0.1) is 0 Å². The Bertz CT molecular complexity index is 517. The zero-order valence-corrected chi connectivity index (χ0v) is 15.7. The van der Waals surface area contributed by atoms with Crippen molar-refractivity contribution in [3.63, 3.8) is 0 Å². The molecule has 0 saturated carbocycles. The van der Waals surface area contributed by atoms with Crippen molar-refractivity contribution in [3.8, 4) is 0 Å². The fourth-order valence-corrected chi connectivity index (χ4v) is 2.02. The summed E-state index contributed by atoms with van der Waals surface area (Å²) >= 11 is 3.41. The number of amides is 1. The molecular weight excluding hydrogens is 360 g/mol. The van der Waals surface area contributed by atoms with E-state index in [0.717, 1.165) is 10.0 Å². The summed E-state index contributed by atoms with van der Waals surface area (Å²) in [5, 5.41) is 6.28. The minimum absolute atomic E-state index is 0.0115. The number of carbonyl (C=O) groups is 1. The van der Waals surface area contributed by atoms with Gasteiger partial charge in [0.1, 0.15) is 0 Å². The SMILES string of the molecule is COCC(C)NC(=NCc1ccc(Br)cc1)NCC(=O)N(C)C. The molecule has 23 heavy (non-hydrogen) atoms. The van der Waals surface area contributed by atoms with Crippen LogP contribution >= 0.6 is 15.9 Å². The highest BCUT2D eigenvalue weighted by molar-refractivity contribution is 9.10. The van der Waals surface area contributed by atoms with Crippen LogP contribution in [0.3, 0.4) is 0 Å². The molecular formula is C16H25BrN4O2.